The summed E-state index contributed by atoms with van der Waals surface area (Å²) < 4.78 is 38.6. The standard InChI is InChI=1S/C17H15ClF3N3O2/c1-11(25)24(9-12-3-2-6-22-8-12)10-16(26)23-13-4-5-15(18)14(7-13)17(19,20)21/h2-8H,9-10H2,1H3,(H,23,26). The maximum atomic E-state index is 12.9. The Kier molecular flexibility index (Phi) is 6.20. The molecule has 26 heavy (non-hydrogen) atoms. The second-order valence-corrected chi connectivity index (χ2v) is 5.88. The van der Waals surface area contributed by atoms with Crippen LogP contribution in [-0.4, -0.2) is 28.2 Å². The number of rotatable bonds is 5. The number of amides is 2. The van der Waals surface area contributed by atoms with Gasteiger partial charge >= 0.3 is 6.18 Å². The molecule has 2 amide bonds. The van der Waals surface area contributed by atoms with Gasteiger partial charge in [0, 0.05) is 31.5 Å². The molecule has 0 aliphatic heterocycles. The van der Waals surface area contributed by atoms with Gasteiger partial charge in [0.2, 0.25) is 11.8 Å². The van der Waals surface area contributed by atoms with E-state index in [1.165, 1.54) is 17.9 Å². The molecular weight excluding hydrogens is 371 g/mol. The van der Waals surface area contributed by atoms with Crippen LogP contribution < -0.4 is 5.32 Å². The zero-order valence-electron chi connectivity index (χ0n) is 13.7. The highest BCUT2D eigenvalue weighted by atomic mass is 35.5. The number of aromatic nitrogens is 1. The summed E-state index contributed by atoms with van der Waals surface area (Å²) >= 11 is 5.54. The average Bonchev–Trinajstić information content (AvgIpc) is 2.56. The van der Waals surface area contributed by atoms with E-state index in [1.807, 2.05) is 0 Å². The fourth-order valence-corrected chi connectivity index (χ4v) is 2.41. The highest BCUT2D eigenvalue weighted by molar-refractivity contribution is 6.31. The van der Waals surface area contributed by atoms with Crippen molar-refractivity contribution >= 4 is 29.1 Å². The van der Waals surface area contributed by atoms with Crippen molar-refractivity contribution in [1.82, 2.24) is 9.88 Å². The Balaban J connectivity index is 2.08. The van der Waals surface area contributed by atoms with Crippen LogP contribution in [0.15, 0.2) is 42.7 Å². The summed E-state index contributed by atoms with van der Waals surface area (Å²) in [7, 11) is 0. The lowest BCUT2D eigenvalue weighted by atomic mass is 10.2. The van der Waals surface area contributed by atoms with E-state index < -0.39 is 22.7 Å². The molecule has 0 aliphatic carbocycles. The fraction of sp³-hybridized carbons (Fsp3) is 0.235. The highest BCUT2D eigenvalue weighted by Crippen LogP contribution is 2.36. The first-order chi connectivity index (χ1) is 12.2. The van der Waals surface area contributed by atoms with Gasteiger partial charge in [-0.3, -0.25) is 14.6 Å². The minimum atomic E-state index is -4.64. The van der Waals surface area contributed by atoms with Crippen LogP contribution in [0, 0.1) is 0 Å². The summed E-state index contributed by atoms with van der Waals surface area (Å²) in [5, 5.41) is 1.88. The second kappa shape index (κ2) is 8.18. The lowest BCUT2D eigenvalue weighted by molar-refractivity contribution is -0.137. The number of nitrogens with one attached hydrogen (secondary N) is 1. The van der Waals surface area contributed by atoms with Crippen molar-refractivity contribution in [3.8, 4) is 0 Å². The molecule has 1 aromatic carbocycles. The molecule has 0 spiro atoms. The van der Waals surface area contributed by atoms with Crippen LogP contribution in [0.4, 0.5) is 18.9 Å². The summed E-state index contributed by atoms with van der Waals surface area (Å²) in [6, 6.07) is 6.50. The van der Waals surface area contributed by atoms with Crippen molar-refractivity contribution in [3.63, 3.8) is 0 Å². The van der Waals surface area contributed by atoms with Gasteiger partial charge in [-0.15, -0.1) is 0 Å². The third-order valence-electron chi connectivity index (χ3n) is 3.43. The number of alkyl halides is 3. The topological polar surface area (TPSA) is 62.3 Å². The van der Waals surface area contributed by atoms with Gasteiger partial charge in [-0.25, -0.2) is 0 Å². The molecule has 2 aromatic rings. The Bertz CT molecular complexity index is 798. The van der Waals surface area contributed by atoms with E-state index in [-0.39, 0.29) is 24.7 Å². The predicted octanol–water partition coefficient (Wildman–Crippen LogP) is 3.74. The third-order valence-corrected chi connectivity index (χ3v) is 3.76. The predicted molar refractivity (Wildman–Crippen MR) is 90.4 cm³/mol. The van der Waals surface area contributed by atoms with Crippen molar-refractivity contribution in [3.05, 3.63) is 58.9 Å². The number of nitrogens with zero attached hydrogens (tertiary/aromatic N) is 2. The van der Waals surface area contributed by atoms with Crippen LogP contribution in [0.25, 0.3) is 0 Å². The van der Waals surface area contributed by atoms with Crippen molar-refractivity contribution in [1.29, 1.82) is 0 Å². The van der Waals surface area contributed by atoms with Crippen LogP contribution in [0.3, 0.4) is 0 Å². The Morgan fingerprint density at radius 3 is 2.58 bits per heavy atom. The second-order valence-electron chi connectivity index (χ2n) is 5.48. The van der Waals surface area contributed by atoms with Crippen molar-refractivity contribution in [2.75, 3.05) is 11.9 Å². The van der Waals surface area contributed by atoms with Gasteiger partial charge in [0.25, 0.3) is 0 Å². The Morgan fingerprint density at radius 2 is 2.00 bits per heavy atom. The summed E-state index contributed by atoms with van der Waals surface area (Å²) in [6.07, 6.45) is -1.50. The lowest BCUT2D eigenvalue weighted by Gasteiger charge is -2.20. The number of benzene rings is 1. The zero-order chi connectivity index (χ0) is 19.3. The molecule has 2 rings (SSSR count). The maximum absolute atomic E-state index is 12.9. The molecule has 1 N–H and O–H groups in total. The molecule has 9 heteroatoms. The number of pyridine rings is 1. The van der Waals surface area contributed by atoms with E-state index in [2.05, 4.69) is 10.3 Å². The fourth-order valence-electron chi connectivity index (χ4n) is 2.18. The summed E-state index contributed by atoms with van der Waals surface area (Å²) in [6.45, 7) is 1.15. The van der Waals surface area contributed by atoms with Crippen LogP contribution in [0.5, 0.6) is 0 Å². The van der Waals surface area contributed by atoms with Gasteiger partial charge in [-0.2, -0.15) is 13.2 Å². The number of halogens is 4. The quantitative estimate of drug-likeness (QED) is 0.852. The van der Waals surface area contributed by atoms with Crippen LogP contribution in [0.2, 0.25) is 5.02 Å². The third kappa shape index (κ3) is 5.45. The molecule has 138 valence electrons. The van der Waals surface area contributed by atoms with Gasteiger partial charge in [-0.05, 0) is 29.8 Å². The van der Waals surface area contributed by atoms with E-state index in [0.717, 1.165) is 17.7 Å². The summed E-state index contributed by atoms with van der Waals surface area (Å²) in [5.74, 6) is -0.976. The van der Waals surface area contributed by atoms with Gasteiger partial charge in [-0.1, -0.05) is 17.7 Å². The molecule has 1 heterocycles. The SMILES string of the molecule is CC(=O)N(CC(=O)Nc1ccc(Cl)c(C(F)(F)F)c1)Cc1cccnc1. The van der Waals surface area contributed by atoms with Crippen molar-refractivity contribution < 1.29 is 22.8 Å². The summed E-state index contributed by atoms with van der Waals surface area (Å²) in [4.78, 5) is 29.0. The number of anilines is 1. The molecule has 0 saturated carbocycles. The highest BCUT2D eigenvalue weighted by Gasteiger charge is 2.33. The molecule has 0 aliphatic rings. The molecule has 5 nitrogen and oxygen atoms in total. The minimum Gasteiger partial charge on any atom is -0.329 e. The Hall–Kier alpha value is -2.61. The lowest BCUT2D eigenvalue weighted by Crippen LogP contribution is -2.36. The zero-order valence-corrected chi connectivity index (χ0v) is 14.4. The molecule has 0 atom stereocenters. The van der Waals surface area contributed by atoms with E-state index in [1.54, 1.807) is 24.5 Å². The Morgan fingerprint density at radius 1 is 1.27 bits per heavy atom. The monoisotopic (exact) mass is 385 g/mol. The Labute approximate surface area is 152 Å². The molecule has 0 bridgehead atoms. The first-order valence-corrected chi connectivity index (χ1v) is 7.85. The normalized spacial score (nSPS) is 11.1. The molecule has 0 fully saturated rings. The molecule has 0 unspecified atom stereocenters. The summed E-state index contributed by atoms with van der Waals surface area (Å²) in [5.41, 5.74) is -0.381. The number of hydrogen-bond donors (Lipinski definition) is 1. The average molecular weight is 386 g/mol. The van der Waals surface area contributed by atoms with Gasteiger partial charge in [0.15, 0.2) is 0 Å². The molecule has 0 saturated heterocycles. The van der Waals surface area contributed by atoms with E-state index in [0.29, 0.717) is 0 Å². The van der Waals surface area contributed by atoms with Gasteiger partial charge < -0.3 is 10.2 Å². The van der Waals surface area contributed by atoms with Gasteiger partial charge in [0.1, 0.15) is 6.54 Å². The number of carbonyl (C=O) groups excluding carboxylic acids is 2. The largest absolute Gasteiger partial charge is 0.417 e. The van der Waals surface area contributed by atoms with Gasteiger partial charge in [0.05, 0.1) is 10.6 Å². The van der Waals surface area contributed by atoms with E-state index in [9.17, 15) is 22.8 Å². The number of hydrogen-bond acceptors (Lipinski definition) is 3. The van der Waals surface area contributed by atoms with E-state index >= 15 is 0 Å². The van der Waals surface area contributed by atoms with E-state index in [4.69, 9.17) is 11.6 Å². The first-order valence-electron chi connectivity index (χ1n) is 7.48. The van der Waals surface area contributed by atoms with Crippen LogP contribution in [-0.2, 0) is 22.3 Å². The molecule has 1 aromatic heterocycles. The maximum Gasteiger partial charge on any atom is 0.417 e. The minimum absolute atomic E-state index is 0.0587. The van der Waals surface area contributed by atoms with Crippen LogP contribution in [0.1, 0.15) is 18.1 Å². The van der Waals surface area contributed by atoms with Crippen LogP contribution >= 0.6 is 11.6 Å². The van der Waals surface area contributed by atoms with Crippen molar-refractivity contribution in [2.24, 2.45) is 0 Å². The smallest absolute Gasteiger partial charge is 0.329 e. The molecular formula is C17H15ClF3N3O2. The number of carbonyl (C=O) groups is 2. The van der Waals surface area contributed by atoms with Crippen molar-refractivity contribution in [2.45, 2.75) is 19.6 Å². The first kappa shape index (κ1) is 19.7. The molecule has 0 radical (unpaired) electrons.